The van der Waals surface area contributed by atoms with Gasteiger partial charge in [0.2, 0.25) is 0 Å². The molecule has 0 amide bonds. The SMILES string of the molecule is C=C[C@H]1[C@H](O[Si](C)(C)C(C)(C)C)[C@@H](C)C[C@]1(O[Si](C)(C)C)C(=O)C(C)P(=O)(OCC)OCC. The number of rotatable bonds is 12. The Labute approximate surface area is 205 Å². The van der Waals surface area contributed by atoms with Crippen molar-refractivity contribution in [2.75, 3.05) is 13.2 Å². The van der Waals surface area contributed by atoms with Gasteiger partial charge < -0.3 is 17.9 Å². The molecular weight excluding hydrogens is 471 g/mol. The maximum Gasteiger partial charge on any atom is 0.340 e. The third kappa shape index (κ3) is 6.78. The first-order chi connectivity index (χ1) is 14.8. The van der Waals surface area contributed by atoms with Crippen LogP contribution >= 0.6 is 7.60 Å². The molecule has 1 aliphatic rings. The Balaban J connectivity index is 3.59. The second-order valence-electron chi connectivity index (χ2n) is 11.8. The van der Waals surface area contributed by atoms with Crippen molar-refractivity contribution in [1.29, 1.82) is 0 Å². The highest BCUT2D eigenvalue weighted by Gasteiger charge is 2.62. The van der Waals surface area contributed by atoms with Crippen molar-refractivity contribution < 1.29 is 27.3 Å². The Morgan fingerprint density at radius 3 is 2.00 bits per heavy atom. The molecule has 0 radical (unpaired) electrons. The molecule has 194 valence electrons. The van der Waals surface area contributed by atoms with Gasteiger partial charge in [0, 0.05) is 5.92 Å². The van der Waals surface area contributed by atoms with Crippen LogP contribution in [0.2, 0.25) is 37.8 Å². The molecule has 0 aromatic rings. The minimum Gasteiger partial charge on any atom is -0.413 e. The zero-order valence-electron chi connectivity index (χ0n) is 23.1. The predicted octanol–water partition coefficient (Wildman–Crippen LogP) is 7.03. The van der Waals surface area contributed by atoms with Gasteiger partial charge in [-0.1, -0.05) is 33.8 Å². The van der Waals surface area contributed by atoms with E-state index in [2.05, 4.69) is 67.0 Å². The van der Waals surface area contributed by atoms with Gasteiger partial charge in [0.25, 0.3) is 0 Å². The summed E-state index contributed by atoms with van der Waals surface area (Å²) >= 11 is 0. The van der Waals surface area contributed by atoms with Crippen molar-refractivity contribution in [3.8, 4) is 0 Å². The van der Waals surface area contributed by atoms with Crippen molar-refractivity contribution in [2.24, 2.45) is 11.8 Å². The van der Waals surface area contributed by atoms with Gasteiger partial charge in [-0.3, -0.25) is 9.36 Å². The van der Waals surface area contributed by atoms with Gasteiger partial charge in [0.15, 0.2) is 22.4 Å². The van der Waals surface area contributed by atoms with E-state index >= 15 is 0 Å². The summed E-state index contributed by atoms with van der Waals surface area (Å²) in [5, 5.41) is 0.0280. The minimum absolute atomic E-state index is 0.0280. The van der Waals surface area contributed by atoms with E-state index in [9.17, 15) is 9.36 Å². The average molecular weight is 521 g/mol. The van der Waals surface area contributed by atoms with Crippen molar-refractivity contribution in [3.05, 3.63) is 12.7 Å². The molecule has 1 fully saturated rings. The van der Waals surface area contributed by atoms with Crippen LogP contribution in [0.25, 0.3) is 0 Å². The van der Waals surface area contributed by atoms with E-state index in [1.807, 2.05) is 6.08 Å². The highest BCUT2D eigenvalue weighted by molar-refractivity contribution is 7.55. The number of Topliss-reactive ketones (excluding diaryl/α,β-unsaturated/α-hetero) is 1. The molecule has 5 atom stereocenters. The van der Waals surface area contributed by atoms with Crippen LogP contribution in [-0.2, 0) is 27.3 Å². The molecule has 0 aliphatic heterocycles. The number of hydrogen-bond acceptors (Lipinski definition) is 6. The van der Waals surface area contributed by atoms with Gasteiger partial charge >= 0.3 is 7.60 Å². The lowest BCUT2D eigenvalue weighted by Crippen LogP contribution is -2.56. The molecule has 33 heavy (non-hydrogen) atoms. The summed E-state index contributed by atoms with van der Waals surface area (Å²) in [5.74, 6) is -0.499. The molecule has 0 bridgehead atoms. The van der Waals surface area contributed by atoms with E-state index in [1.165, 1.54) is 0 Å². The summed E-state index contributed by atoms with van der Waals surface area (Å²) in [7, 11) is -7.97. The molecule has 0 N–H and O–H groups in total. The predicted molar refractivity (Wildman–Crippen MR) is 142 cm³/mol. The minimum atomic E-state index is -3.65. The van der Waals surface area contributed by atoms with Crippen molar-refractivity contribution in [3.63, 3.8) is 0 Å². The quantitative estimate of drug-likeness (QED) is 0.156. The average Bonchev–Trinajstić information content (AvgIpc) is 2.89. The first-order valence-electron chi connectivity index (χ1n) is 12.3. The topological polar surface area (TPSA) is 71.1 Å². The van der Waals surface area contributed by atoms with Crippen LogP contribution in [0, 0.1) is 11.8 Å². The zero-order chi connectivity index (χ0) is 26.0. The van der Waals surface area contributed by atoms with E-state index in [0.717, 1.165) is 0 Å². The molecule has 6 nitrogen and oxygen atoms in total. The monoisotopic (exact) mass is 520 g/mol. The molecule has 0 spiro atoms. The van der Waals surface area contributed by atoms with E-state index in [4.69, 9.17) is 17.9 Å². The third-order valence-corrected chi connectivity index (χ3v) is 14.8. The summed E-state index contributed by atoms with van der Waals surface area (Å²) in [4.78, 5) is 14.2. The standard InChI is InChI=1S/C24H49O6PSi2/c1-14-20-21(29-33(12,13)23(6,7)8)18(4)17-24(20,30-32(9,10)11)22(25)19(5)31(26,27-15-2)28-16-3/h14,18-21H,1,15-17H2,2-13H3/t18-,19?,20-,21+,24+/m0/s1. The zero-order valence-corrected chi connectivity index (χ0v) is 26.0. The molecule has 9 heteroatoms. The Morgan fingerprint density at radius 1 is 1.15 bits per heavy atom. The van der Waals surface area contributed by atoms with Crippen LogP contribution in [0.1, 0.15) is 54.9 Å². The first kappa shape index (κ1) is 30.9. The van der Waals surface area contributed by atoms with E-state index in [-0.39, 0.29) is 42.0 Å². The second kappa shape index (κ2) is 10.9. The van der Waals surface area contributed by atoms with E-state index in [1.54, 1.807) is 20.8 Å². The summed E-state index contributed by atoms with van der Waals surface area (Å²) in [6, 6.07) is 0. The number of carbonyl (C=O) groups is 1. The Morgan fingerprint density at radius 2 is 1.64 bits per heavy atom. The molecule has 0 aromatic carbocycles. The van der Waals surface area contributed by atoms with Crippen LogP contribution in [0.5, 0.6) is 0 Å². The van der Waals surface area contributed by atoms with Crippen LogP contribution < -0.4 is 0 Å². The van der Waals surface area contributed by atoms with Crippen LogP contribution in [-0.4, -0.2) is 53.0 Å². The smallest absolute Gasteiger partial charge is 0.340 e. The van der Waals surface area contributed by atoms with Gasteiger partial charge in [0.05, 0.1) is 19.3 Å². The van der Waals surface area contributed by atoms with Gasteiger partial charge in [-0.05, 0) is 70.9 Å². The Hall–Kier alpha value is -0.0862. The van der Waals surface area contributed by atoms with Gasteiger partial charge in [-0.25, -0.2) is 0 Å². The molecule has 0 saturated heterocycles. The Kier molecular flexibility index (Phi) is 10.2. The normalized spacial score (nSPS) is 28.1. The summed E-state index contributed by atoms with van der Waals surface area (Å²) in [5.41, 5.74) is -2.11. The van der Waals surface area contributed by atoms with Gasteiger partial charge in [-0.2, -0.15) is 0 Å². The number of carbonyl (C=O) groups excluding carboxylic acids is 1. The lowest BCUT2D eigenvalue weighted by Gasteiger charge is -2.44. The highest BCUT2D eigenvalue weighted by atomic mass is 31.2. The van der Waals surface area contributed by atoms with Crippen LogP contribution in [0.3, 0.4) is 0 Å². The lowest BCUT2D eigenvalue weighted by molar-refractivity contribution is -0.138. The summed E-state index contributed by atoms with van der Waals surface area (Å²) in [6.07, 6.45) is 2.11. The number of ketones is 1. The fraction of sp³-hybridized carbons (Fsp3) is 0.875. The third-order valence-electron chi connectivity index (χ3n) is 6.95. The maximum absolute atomic E-state index is 14.2. The van der Waals surface area contributed by atoms with Crippen molar-refractivity contribution in [1.82, 2.24) is 0 Å². The van der Waals surface area contributed by atoms with Crippen LogP contribution in [0.4, 0.5) is 0 Å². The summed E-state index contributed by atoms with van der Waals surface area (Å²) in [6.45, 7) is 29.1. The van der Waals surface area contributed by atoms with Gasteiger partial charge in [-0.15, -0.1) is 6.58 Å². The molecule has 1 aliphatic carbocycles. The molecule has 1 saturated carbocycles. The fourth-order valence-corrected chi connectivity index (χ4v) is 9.04. The van der Waals surface area contributed by atoms with E-state index in [0.29, 0.717) is 6.42 Å². The van der Waals surface area contributed by atoms with Crippen molar-refractivity contribution >= 4 is 30.0 Å². The second-order valence-corrected chi connectivity index (χ2v) is 23.4. The largest absolute Gasteiger partial charge is 0.413 e. The highest BCUT2D eigenvalue weighted by Crippen LogP contribution is 2.57. The maximum atomic E-state index is 14.2. The van der Waals surface area contributed by atoms with Crippen molar-refractivity contribution in [2.45, 2.75) is 110 Å². The number of hydrogen-bond donors (Lipinski definition) is 0. The molecule has 1 rings (SSSR count). The summed E-state index contributed by atoms with van der Waals surface area (Å²) < 4.78 is 38.3. The van der Waals surface area contributed by atoms with Crippen LogP contribution in [0.15, 0.2) is 12.7 Å². The molecule has 1 unspecified atom stereocenters. The lowest BCUT2D eigenvalue weighted by atomic mass is 9.84. The first-order valence-corrected chi connectivity index (χ1v) is 20.2. The van der Waals surface area contributed by atoms with Gasteiger partial charge in [0.1, 0.15) is 11.3 Å². The molecule has 0 heterocycles. The van der Waals surface area contributed by atoms with E-state index < -0.39 is 35.5 Å². The Bertz CT molecular complexity index is 732. The molecule has 0 aromatic heterocycles. The molecular formula is C24H49O6PSi2. The fourth-order valence-electron chi connectivity index (χ4n) is 4.47.